The summed E-state index contributed by atoms with van der Waals surface area (Å²) in [6.07, 6.45) is 2.80. The number of aromatic nitrogens is 1. The molecule has 22 heavy (non-hydrogen) atoms. The minimum absolute atomic E-state index is 0.177. The van der Waals surface area contributed by atoms with Crippen molar-refractivity contribution in [3.8, 4) is 0 Å². The molecule has 1 aromatic heterocycles. The number of H-pyrrole nitrogens is 1. The molecule has 0 aliphatic carbocycles. The normalized spacial score (nSPS) is 10.6. The molecule has 3 N–H and O–H groups in total. The second-order valence-corrected chi connectivity index (χ2v) is 6.13. The minimum atomic E-state index is -0.177. The number of nitrogens with one attached hydrogen (secondary N) is 3. The maximum absolute atomic E-state index is 11.9. The molecular weight excluding hydrogens is 389 g/mol. The lowest BCUT2D eigenvalue weighted by Gasteiger charge is -2.08. The van der Waals surface area contributed by atoms with Crippen molar-refractivity contribution in [3.05, 3.63) is 63.9 Å². The molecule has 0 saturated carbocycles. The molecule has 0 saturated heterocycles. The third-order valence-corrected chi connectivity index (χ3v) is 4.42. The Morgan fingerprint density at radius 2 is 1.86 bits per heavy atom. The Kier molecular flexibility index (Phi) is 4.62. The topological polar surface area (TPSA) is 56.9 Å². The van der Waals surface area contributed by atoms with Crippen LogP contribution in [0.1, 0.15) is 5.56 Å². The van der Waals surface area contributed by atoms with Gasteiger partial charge in [-0.2, -0.15) is 0 Å². The lowest BCUT2D eigenvalue weighted by Crippen LogP contribution is -2.30. The van der Waals surface area contributed by atoms with Crippen LogP contribution >= 0.6 is 22.6 Å². The number of aromatic amines is 1. The van der Waals surface area contributed by atoms with Crippen LogP contribution in [0.2, 0.25) is 0 Å². The molecule has 112 valence electrons. The van der Waals surface area contributed by atoms with E-state index in [1.54, 1.807) is 0 Å². The highest BCUT2D eigenvalue weighted by Crippen LogP contribution is 2.18. The maximum atomic E-state index is 11.9. The van der Waals surface area contributed by atoms with E-state index in [1.807, 2.05) is 42.6 Å². The summed E-state index contributed by atoms with van der Waals surface area (Å²) in [5.74, 6) is 0. The van der Waals surface area contributed by atoms with Crippen LogP contribution < -0.4 is 10.6 Å². The molecule has 0 bridgehead atoms. The van der Waals surface area contributed by atoms with E-state index in [9.17, 15) is 4.79 Å². The van der Waals surface area contributed by atoms with E-state index in [0.717, 1.165) is 21.2 Å². The Morgan fingerprint density at radius 1 is 1.09 bits per heavy atom. The van der Waals surface area contributed by atoms with Crippen LogP contribution in [0.25, 0.3) is 10.9 Å². The van der Waals surface area contributed by atoms with Gasteiger partial charge in [0.05, 0.1) is 5.69 Å². The molecule has 2 aromatic carbocycles. The van der Waals surface area contributed by atoms with Gasteiger partial charge in [-0.1, -0.05) is 30.3 Å². The standard InChI is InChI=1S/C17H16IN3O/c18-14-6-2-4-8-16(14)21-17(22)19-10-9-12-11-20-15-7-3-1-5-13(12)15/h1-8,11,20H,9-10H2,(H2,19,21,22). The van der Waals surface area contributed by atoms with Gasteiger partial charge in [0.15, 0.2) is 0 Å². The fraction of sp³-hybridized carbons (Fsp3) is 0.118. The molecule has 0 atom stereocenters. The van der Waals surface area contributed by atoms with Gasteiger partial charge < -0.3 is 15.6 Å². The molecule has 4 nitrogen and oxygen atoms in total. The van der Waals surface area contributed by atoms with Crippen molar-refractivity contribution >= 4 is 45.2 Å². The Bertz CT molecular complexity index is 797. The number of halogens is 1. The van der Waals surface area contributed by atoms with Crippen molar-refractivity contribution in [1.82, 2.24) is 10.3 Å². The quantitative estimate of drug-likeness (QED) is 0.562. The highest BCUT2D eigenvalue weighted by atomic mass is 127. The van der Waals surface area contributed by atoms with Gasteiger partial charge >= 0.3 is 6.03 Å². The van der Waals surface area contributed by atoms with Crippen LogP contribution in [0.5, 0.6) is 0 Å². The molecule has 5 heteroatoms. The van der Waals surface area contributed by atoms with Gasteiger partial charge in [-0.3, -0.25) is 0 Å². The van der Waals surface area contributed by atoms with Gasteiger partial charge in [0.2, 0.25) is 0 Å². The fourth-order valence-corrected chi connectivity index (χ4v) is 2.90. The third kappa shape index (κ3) is 3.41. The smallest absolute Gasteiger partial charge is 0.319 e. The van der Waals surface area contributed by atoms with Gasteiger partial charge in [0.25, 0.3) is 0 Å². The zero-order valence-electron chi connectivity index (χ0n) is 11.9. The maximum Gasteiger partial charge on any atom is 0.319 e. The van der Waals surface area contributed by atoms with Gasteiger partial charge in [-0.15, -0.1) is 0 Å². The first kappa shape index (κ1) is 14.9. The number of para-hydroxylation sites is 2. The van der Waals surface area contributed by atoms with E-state index in [-0.39, 0.29) is 6.03 Å². The van der Waals surface area contributed by atoms with Crippen molar-refractivity contribution in [1.29, 1.82) is 0 Å². The van der Waals surface area contributed by atoms with Crippen LogP contribution in [-0.4, -0.2) is 17.6 Å². The van der Waals surface area contributed by atoms with E-state index in [4.69, 9.17) is 0 Å². The summed E-state index contributed by atoms with van der Waals surface area (Å²) in [5, 5.41) is 6.97. The number of urea groups is 1. The number of carbonyl (C=O) groups excluding carboxylic acids is 1. The van der Waals surface area contributed by atoms with Crippen LogP contribution in [0.4, 0.5) is 10.5 Å². The van der Waals surface area contributed by atoms with Gasteiger partial charge in [-0.05, 0) is 52.8 Å². The van der Waals surface area contributed by atoms with Gasteiger partial charge in [-0.25, -0.2) is 4.79 Å². The Balaban J connectivity index is 1.55. The predicted octanol–water partition coefficient (Wildman–Crippen LogP) is 4.14. The summed E-state index contributed by atoms with van der Waals surface area (Å²) in [5.41, 5.74) is 3.17. The molecule has 3 rings (SSSR count). The van der Waals surface area contributed by atoms with Crippen molar-refractivity contribution in [2.45, 2.75) is 6.42 Å². The molecular formula is C17H16IN3O. The SMILES string of the molecule is O=C(NCCc1c[nH]c2ccccc12)Nc1ccccc1I. The predicted molar refractivity (Wildman–Crippen MR) is 98.2 cm³/mol. The van der Waals surface area contributed by atoms with E-state index in [2.05, 4.69) is 50.3 Å². The number of hydrogen-bond donors (Lipinski definition) is 3. The molecule has 3 aromatic rings. The number of amides is 2. The minimum Gasteiger partial charge on any atom is -0.361 e. The largest absolute Gasteiger partial charge is 0.361 e. The Hall–Kier alpha value is -2.02. The summed E-state index contributed by atoms with van der Waals surface area (Å²) in [6, 6.07) is 15.7. The number of hydrogen-bond acceptors (Lipinski definition) is 1. The van der Waals surface area contributed by atoms with Crippen LogP contribution in [0.3, 0.4) is 0 Å². The van der Waals surface area contributed by atoms with E-state index in [0.29, 0.717) is 6.54 Å². The first-order chi connectivity index (χ1) is 10.7. The number of rotatable bonds is 4. The van der Waals surface area contributed by atoms with Crippen LogP contribution in [-0.2, 0) is 6.42 Å². The van der Waals surface area contributed by atoms with Crippen LogP contribution in [0.15, 0.2) is 54.7 Å². The summed E-state index contributed by atoms with van der Waals surface area (Å²) in [4.78, 5) is 15.2. The van der Waals surface area contributed by atoms with E-state index < -0.39 is 0 Å². The van der Waals surface area contributed by atoms with E-state index in [1.165, 1.54) is 10.9 Å². The zero-order valence-corrected chi connectivity index (χ0v) is 14.1. The summed E-state index contributed by atoms with van der Waals surface area (Å²) in [6.45, 7) is 0.594. The lowest BCUT2D eigenvalue weighted by atomic mass is 10.1. The average molecular weight is 405 g/mol. The summed E-state index contributed by atoms with van der Waals surface area (Å²) in [7, 11) is 0. The second-order valence-electron chi connectivity index (χ2n) is 4.97. The molecule has 0 fully saturated rings. The molecule has 0 aliphatic heterocycles. The van der Waals surface area contributed by atoms with Crippen molar-refractivity contribution < 1.29 is 4.79 Å². The molecule has 1 heterocycles. The highest BCUT2D eigenvalue weighted by Gasteiger charge is 2.06. The first-order valence-electron chi connectivity index (χ1n) is 7.08. The van der Waals surface area contributed by atoms with Crippen molar-refractivity contribution in [2.24, 2.45) is 0 Å². The second kappa shape index (κ2) is 6.83. The molecule has 0 spiro atoms. The molecule has 0 radical (unpaired) electrons. The summed E-state index contributed by atoms with van der Waals surface area (Å²) >= 11 is 2.20. The average Bonchev–Trinajstić information content (AvgIpc) is 2.93. The number of fused-ring (bicyclic) bond motifs is 1. The van der Waals surface area contributed by atoms with Gasteiger partial charge in [0.1, 0.15) is 0 Å². The third-order valence-electron chi connectivity index (χ3n) is 3.48. The van der Waals surface area contributed by atoms with Gasteiger partial charge in [0, 0.05) is 27.2 Å². The van der Waals surface area contributed by atoms with Crippen LogP contribution in [0, 0.1) is 3.57 Å². The zero-order chi connectivity index (χ0) is 15.4. The number of carbonyl (C=O) groups is 1. The number of benzene rings is 2. The Morgan fingerprint density at radius 3 is 2.73 bits per heavy atom. The molecule has 2 amide bonds. The monoisotopic (exact) mass is 405 g/mol. The van der Waals surface area contributed by atoms with E-state index >= 15 is 0 Å². The lowest BCUT2D eigenvalue weighted by molar-refractivity contribution is 0.252. The summed E-state index contributed by atoms with van der Waals surface area (Å²) < 4.78 is 1.02. The Labute approximate surface area is 142 Å². The highest BCUT2D eigenvalue weighted by molar-refractivity contribution is 14.1. The molecule has 0 unspecified atom stereocenters. The van der Waals surface area contributed by atoms with Crippen molar-refractivity contribution in [2.75, 3.05) is 11.9 Å². The van der Waals surface area contributed by atoms with Crippen molar-refractivity contribution in [3.63, 3.8) is 0 Å². The molecule has 0 aliphatic rings. The fourth-order valence-electron chi connectivity index (χ4n) is 2.38. The first-order valence-corrected chi connectivity index (χ1v) is 8.16. The number of anilines is 1.